The molecule has 0 aromatic rings. The lowest BCUT2D eigenvalue weighted by atomic mass is 10.3. The maximum atomic E-state index is 5.75. The standard InChI is InChI=1S/C9H16BrClN2O/c1-6(11)8(10)5-13-7(2)9(12-3)14-4/h5,7,9,12H,1-4H3/b8-6-,13-5-/t7-,9?/m0/s1. The molecule has 0 fully saturated rings. The zero-order chi connectivity index (χ0) is 11.1. The molecule has 0 heterocycles. The molecule has 0 aliphatic rings. The smallest absolute Gasteiger partial charge is 0.129 e. The molecule has 0 saturated heterocycles. The minimum Gasteiger partial charge on any atom is -0.364 e. The Hall–Kier alpha value is 0.1000. The van der Waals surface area contributed by atoms with Gasteiger partial charge in [0.1, 0.15) is 6.23 Å². The van der Waals surface area contributed by atoms with Gasteiger partial charge in [-0.25, -0.2) is 0 Å². The molecule has 1 N–H and O–H groups in total. The predicted octanol–water partition coefficient (Wildman–Crippen LogP) is 2.50. The second-order valence-electron chi connectivity index (χ2n) is 2.85. The number of nitrogens with zero attached hydrogens (tertiary/aromatic N) is 1. The first-order valence-corrected chi connectivity index (χ1v) is 5.45. The fourth-order valence-corrected chi connectivity index (χ4v) is 1.07. The van der Waals surface area contributed by atoms with Crippen LogP contribution in [0.4, 0.5) is 0 Å². The van der Waals surface area contributed by atoms with E-state index in [1.807, 2.05) is 14.0 Å². The van der Waals surface area contributed by atoms with Crippen molar-refractivity contribution in [3.63, 3.8) is 0 Å². The Balaban J connectivity index is 4.30. The number of methoxy groups -OCH3 is 1. The van der Waals surface area contributed by atoms with Gasteiger partial charge in [-0.05, 0) is 36.8 Å². The minimum atomic E-state index is -0.0813. The summed E-state index contributed by atoms with van der Waals surface area (Å²) in [4.78, 5) is 4.29. The zero-order valence-corrected chi connectivity index (χ0v) is 11.2. The molecule has 14 heavy (non-hydrogen) atoms. The normalized spacial score (nSPS) is 18.1. The van der Waals surface area contributed by atoms with Gasteiger partial charge in [0, 0.05) is 22.8 Å². The lowest BCUT2D eigenvalue weighted by Crippen LogP contribution is -2.36. The van der Waals surface area contributed by atoms with Gasteiger partial charge in [-0.1, -0.05) is 11.6 Å². The first-order valence-electron chi connectivity index (χ1n) is 4.28. The summed E-state index contributed by atoms with van der Waals surface area (Å²) in [7, 11) is 3.47. The molecular weight excluding hydrogens is 267 g/mol. The number of hydrogen-bond acceptors (Lipinski definition) is 3. The van der Waals surface area contributed by atoms with E-state index < -0.39 is 0 Å². The topological polar surface area (TPSA) is 33.6 Å². The second-order valence-corrected chi connectivity index (χ2v) is 4.27. The van der Waals surface area contributed by atoms with Crippen LogP contribution in [-0.4, -0.2) is 32.6 Å². The number of rotatable bonds is 5. The van der Waals surface area contributed by atoms with E-state index in [4.69, 9.17) is 16.3 Å². The maximum Gasteiger partial charge on any atom is 0.129 e. The fraction of sp³-hybridized carbons (Fsp3) is 0.667. The van der Waals surface area contributed by atoms with Crippen LogP contribution >= 0.6 is 27.5 Å². The molecule has 0 rings (SSSR count). The summed E-state index contributed by atoms with van der Waals surface area (Å²) in [5.74, 6) is 0. The predicted molar refractivity (Wildman–Crippen MR) is 65.3 cm³/mol. The molecule has 0 radical (unpaired) electrons. The van der Waals surface area contributed by atoms with Crippen molar-refractivity contribution in [1.82, 2.24) is 5.32 Å². The quantitative estimate of drug-likeness (QED) is 0.621. The molecule has 0 aromatic heterocycles. The second kappa shape index (κ2) is 7.40. The van der Waals surface area contributed by atoms with E-state index in [-0.39, 0.29) is 12.3 Å². The summed E-state index contributed by atoms with van der Waals surface area (Å²) in [6, 6.07) is 0.0357. The molecule has 82 valence electrons. The van der Waals surface area contributed by atoms with Gasteiger partial charge in [0.2, 0.25) is 0 Å². The highest BCUT2D eigenvalue weighted by Crippen LogP contribution is 2.13. The van der Waals surface area contributed by atoms with E-state index in [1.54, 1.807) is 20.2 Å². The van der Waals surface area contributed by atoms with Crippen LogP contribution in [-0.2, 0) is 4.74 Å². The number of halogens is 2. The average Bonchev–Trinajstić information content (AvgIpc) is 2.15. The van der Waals surface area contributed by atoms with Gasteiger partial charge in [-0.15, -0.1) is 0 Å². The Bertz CT molecular complexity index is 223. The molecular formula is C9H16BrClN2O. The molecule has 0 aromatic carbocycles. The molecule has 0 amide bonds. The summed E-state index contributed by atoms with van der Waals surface area (Å²) in [6.45, 7) is 3.76. The van der Waals surface area contributed by atoms with Crippen LogP contribution in [0.1, 0.15) is 13.8 Å². The van der Waals surface area contributed by atoms with Crippen LogP contribution in [0.5, 0.6) is 0 Å². The first-order chi connectivity index (χ1) is 6.52. The van der Waals surface area contributed by atoms with Crippen molar-refractivity contribution in [2.24, 2.45) is 4.99 Å². The van der Waals surface area contributed by atoms with Gasteiger partial charge in [-0.3, -0.25) is 10.3 Å². The summed E-state index contributed by atoms with van der Waals surface area (Å²) in [6.07, 6.45) is 1.61. The number of hydrogen-bond donors (Lipinski definition) is 1. The zero-order valence-electron chi connectivity index (χ0n) is 8.84. The number of nitrogens with one attached hydrogen (secondary N) is 1. The summed E-state index contributed by atoms with van der Waals surface area (Å²) >= 11 is 9.05. The maximum absolute atomic E-state index is 5.75. The van der Waals surface area contributed by atoms with Crippen LogP contribution in [0.3, 0.4) is 0 Å². The third-order valence-electron chi connectivity index (χ3n) is 1.73. The Morgan fingerprint density at radius 1 is 1.64 bits per heavy atom. The highest BCUT2D eigenvalue weighted by molar-refractivity contribution is 9.12. The van der Waals surface area contributed by atoms with Gasteiger partial charge in [0.05, 0.1) is 6.04 Å². The SMILES string of the molecule is CNC(OC)[C@H](C)/N=C\C(Br)=C(/C)Cl. The van der Waals surface area contributed by atoms with Crippen LogP contribution in [0.25, 0.3) is 0 Å². The van der Waals surface area contributed by atoms with Gasteiger partial charge < -0.3 is 4.74 Å². The number of ether oxygens (including phenoxy) is 1. The average molecular weight is 284 g/mol. The lowest BCUT2D eigenvalue weighted by Gasteiger charge is -2.18. The number of allylic oxidation sites excluding steroid dienone is 2. The molecule has 0 saturated carbocycles. The van der Waals surface area contributed by atoms with E-state index in [2.05, 4.69) is 26.2 Å². The van der Waals surface area contributed by atoms with E-state index in [9.17, 15) is 0 Å². The Kier molecular flexibility index (Phi) is 7.45. The third kappa shape index (κ3) is 5.10. The Morgan fingerprint density at radius 2 is 2.21 bits per heavy atom. The molecule has 0 aliphatic carbocycles. The van der Waals surface area contributed by atoms with Crippen molar-refractivity contribution < 1.29 is 4.74 Å². The molecule has 1 unspecified atom stereocenters. The third-order valence-corrected chi connectivity index (χ3v) is 2.96. The Morgan fingerprint density at radius 3 is 2.57 bits per heavy atom. The highest BCUT2D eigenvalue weighted by atomic mass is 79.9. The molecule has 2 atom stereocenters. The molecule has 3 nitrogen and oxygen atoms in total. The van der Waals surface area contributed by atoms with Crippen molar-refractivity contribution >= 4 is 33.7 Å². The van der Waals surface area contributed by atoms with Gasteiger partial charge in [0.15, 0.2) is 0 Å². The van der Waals surface area contributed by atoms with Crippen molar-refractivity contribution in [1.29, 1.82) is 0 Å². The molecule has 0 bridgehead atoms. The molecule has 5 heteroatoms. The van der Waals surface area contributed by atoms with E-state index in [0.717, 1.165) is 4.48 Å². The molecule has 0 aliphatic heterocycles. The van der Waals surface area contributed by atoms with Gasteiger partial charge >= 0.3 is 0 Å². The summed E-state index contributed by atoms with van der Waals surface area (Å²) in [5, 5.41) is 3.68. The summed E-state index contributed by atoms with van der Waals surface area (Å²) < 4.78 is 5.95. The van der Waals surface area contributed by atoms with E-state index >= 15 is 0 Å². The first kappa shape index (κ1) is 14.1. The fourth-order valence-electron chi connectivity index (χ4n) is 0.906. The van der Waals surface area contributed by atoms with Crippen LogP contribution in [0.2, 0.25) is 0 Å². The summed E-state index contributed by atoms with van der Waals surface area (Å²) in [5.41, 5.74) is 0. The van der Waals surface area contributed by atoms with E-state index in [1.165, 1.54) is 0 Å². The van der Waals surface area contributed by atoms with Crippen molar-refractivity contribution in [2.75, 3.05) is 14.2 Å². The number of aliphatic imine (C=N–C) groups is 1. The van der Waals surface area contributed by atoms with Gasteiger partial charge in [0.25, 0.3) is 0 Å². The number of likely N-dealkylation sites (N-methyl/N-ethyl adjacent to an activating group) is 1. The van der Waals surface area contributed by atoms with Crippen LogP contribution < -0.4 is 5.32 Å². The highest BCUT2D eigenvalue weighted by Gasteiger charge is 2.11. The van der Waals surface area contributed by atoms with Crippen molar-refractivity contribution in [3.8, 4) is 0 Å². The Labute approximate surface area is 98.7 Å². The molecule has 0 spiro atoms. The monoisotopic (exact) mass is 282 g/mol. The van der Waals surface area contributed by atoms with Crippen molar-refractivity contribution in [2.45, 2.75) is 26.1 Å². The van der Waals surface area contributed by atoms with Gasteiger partial charge in [-0.2, -0.15) is 0 Å². The van der Waals surface area contributed by atoms with Crippen LogP contribution in [0.15, 0.2) is 14.5 Å². The largest absolute Gasteiger partial charge is 0.364 e. The minimum absolute atomic E-state index is 0.0357. The lowest BCUT2D eigenvalue weighted by molar-refractivity contribution is 0.0647. The van der Waals surface area contributed by atoms with E-state index in [0.29, 0.717) is 5.03 Å². The van der Waals surface area contributed by atoms with Crippen LogP contribution in [0, 0.1) is 0 Å². The van der Waals surface area contributed by atoms with Crippen molar-refractivity contribution in [3.05, 3.63) is 9.51 Å².